The van der Waals surface area contributed by atoms with E-state index in [1.54, 1.807) is 6.20 Å². The summed E-state index contributed by atoms with van der Waals surface area (Å²) in [4.78, 5) is 13.1. The molecule has 5 heteroatoms. The van der Waals surface area contributed by atoms with Gasteiger partial charge in [-0.25, -0.2) is 4.98 Å². The highest BCUT2D eigenvalue weighted by atomic mass is 15.3. The van der Waals surface area contributed by atoms with Crippen LogP contribution in [0.2, 0.25) is 0 Å². The van der Waals surface area contributed by atoms with Gasteiger partial charge < -0.3 is 9.62 Å². The Kier molecular flexibility index (Phi) is 2.98. The van der Waals surface area contributed by atoms with Crippen LogP contribution >= 0.6 is 0 Å². The van der Waals surface area contributed by atoms with Gasteiger partial charge in [-0.15, -0.1) is 0 Å². The van der Waals surface area contributed by atoms with E-state index in [0.717, 1.165) is 30.2 Å². The largest absolute Gasteiger partial charge is 0.388 e. The van der Waals surface area contributed by atoms with E-state index in [-0.39, 0.29) is 0 Å². The van der Waals surface area contributed by atoms with Crippen LogP contribution in [0.15, 0.2) is 42.7 Å². The lowest BCUT2D eigenvalue weighted by Gasteiger charge is -2.15. The minimum absolute atomic E-state index is 0.957. The van der Waals surface area contributed by atoms with E-state index < -0.39 is 0 Å². The summed E-state index contributed by atoms with van der Waals surface area (Å²) in [6.45, 7) is 2.04. The average Bonchev–Trinajstić information content (AvgIpc) is 2.87. The number of likely N-dealkylation sites (N-methyl/N-ethyl adjacent to an activating group) is 1. The predicted octanol–water partition coefficient (Wildman–Crippen LogP) is 1.43. The second-order valence-electron chi connectivity index (χ2n) is 4.41. The van der Waals surface area contributed by atoms with E-state index in [1.807, 2.05) is 30.5 Å². The van der Waals surface area contributed by atoms with Crippen molar-refractivity contribution >= 4 is 13.4 Å². The van der Waals surface area contributed by atoms with E-state index >= 15 is 0 Å². The molecule has 1 aliphatic rings. The molecule has 0 aromatic carbocycles. The van der Waals surface area contributed by atoms with Crippen molar-refractivity contribution in [3.63, 3.8) is 0 Å². The first-order chi connectivity index (χ1) is 8.83. The molecule has 3 rings (SSSR count). The molecule has 1 fully saturated rings. The third-order valence-corrected chi connectivity index (χ3v) is 3.03. The topological polar surface area (TPSA) is 32.3 Å². The van der Waals surface area contributed by atoms with Gasteiger partial charge in [0.25, 0.3) is 0 Å². The van der Waals surface area contributed by atoms with Crippen LogP contribution in [0.4, 0.5) is 5.82 Å². The molecule has 1 radical (unpaired) electrons. The molecule has 2 aromatic heterocycles. The third kappa shape index (κ3) is 2.22. The number of nitrogens with zero attached hydrogens (tertiary/aromatic N) is 4. The number of pyridine rings is 2. The highest BCUT2D eigenvalue weighted by Gasteiger charge is 2.20. The maximum atomic E-state index is 4.50. The van der Waals surface area contributed by atoms with Gasteiger partial charge >= 0.3 is 7.55 Å². The highest BCUT2D eigenvalue weighted by Crippen LogP contribution is 2.19. The molecule has 1 saturated heterocycles. The summed E-state index contributed by atoms with van der Waals surface area (Å²) in [5.74, 6) is 0.985. The zero-order valence-corrected chi connectivity index (χ0v) is 10.3. The molecule has 3 heterocycles. The highest BCUT2D eigenvalue weighted by molar-refractivity contribution is 6.39. The molecular weight excluding hydrogens is 223 g/mol. The molecule has 4 nitrogen and oxygen atoms in total. The molecule has 18 heavy (non-hydrogen) atoms. The van der Waals surface area contributed by atoms with Gasteiger partial charge in [0.2, 0.25) is 0 Å². The summed E-state index contributed by atoms with van der Waals surface area (Å²) in [7, 11) is 4.16. The number of aromatic nitrogens is 2. The van der Waals surface area contributed by atoms with Crippen LogP contribution in [0.1, 0.15) is 0 Å². The normalized spacial score (nSPS) is 15.7. The van der Waals surface area contributed by atoms with E-state index in [1.165, 1.54) is 0 Å². The SMILES string of the molecule is CN1[B]N(c2ccc(-c3ccccn3)cn2)CC1. The van der Waals surface area contributed by atoms with Crippen molar-refractivity contribution in [2.24, 2.45) is 0 Å². The molecular formula is C13H14BN4. The first-order valence-electron chi connectivity index (χ1n) is 6.02. The smallest absolute Gasteiger partial charge is 0.353 e. The Morgan fingerprint density at radius 2 is 2.06 bits per heavy atom. The van der Waals surface area contributed by atoms with Gasteiger partial charge in [-0.3, -0.25) is 4.98 Å². The minimum atomic E-state index is 0.957. The molecule has 2 aromatic rings. The van der Waals surface area contributed by atoms with Crippen molar-refractivity contribution in [2.75, 3.05) is 24.9 Å². The molecule has 0 N–H and O–H groups in total. The minimum Gasteiger partial charge on any atom is -0.388 e. The molecule has 1 aliphatic heterocycles. The van der Waals surface area contributed by atoms with Gasteiger partial charge in [0, 0.05) is 31.0 Å². The lowest BCUT2D eigenvalue weighted by atomic mass is 10.1. The van der Waals surface area contributed by atoms with Crippen LogP contribution in [0.5, 0.6) is 0 Å². The maximum absolute atomic E-state index is 4.50. The van der Waals surface area contributed by atoms with Gasteiger partial charge in [0.15, 0.2) is 0 Å². The number of hydrogen-bond donors (Lipinski definition) is 0. The predicted molar refractivity (Wildman–Crippen MR) is 73.2 cm³/mol. The molecule has 0 atom stereocenters. The Hall–Kier alpha value is -1.88. The van der Waals surface area contributed by atoms with Crippen LogP contribution in [-0.4, -0.2) is 42.5 Å². The van der Waals surface area contributed by atoms with Crippen LogP contribution < -0.4 is 4.81 Å². The molecule has 0 amide bonds. The molecule has 0 saturated carbocycles. The van der Waals surface area contributed by atoms with E-state index in [4.69, 9.17) is 0 Å². The Morgan fingerprint density at radius 3 is 2.67 bits per heavy atom. The quantitative estimate of drug-likeness (QED) is 0.739. The fourth-order valence-corrected chi connectivity index (χ4v) is 2.03. The zero-order valence-electron chi connectivity index (χ0n) is 10.3. The van der Waals surface area contributed by atoms with Gasteiger partial charge in [0.05, 0.1) is 5.69 Å². The van der Waals surface area contributed by atoms with Crippen LogP contribution in [0.3, 0.4) is 0 Å². The van der Waals surface area contributed by atoms with E-state index in [2.05, 4.69) is 40.3 Å². The van der Waals surface area contributed by atoms with Crippen molar-refractivity contribution in [2.45, 2.75) is 0 Å². The monoisotopic (exact) mass is 237 g/mol. The first kappa shape index (κ1) is 11.2. The summed E-state index contributed by atoms with van der Waals surface area (Å²) >= 11 is 0. The van der Waals surface area contributed by atoms with Gasteiger partial charge in [0.1, 0.15) is 5.82 Å². The summed E-state index contributed by atoms with van der Waals surface area (Å²) in [6, 6.07) is 10.0. The second-order valence-corrected chi connectivity index (χ2v) is 4.41. The third-order valence-electron chi connectivity index (χ3n) is 3.03. The van der Waals surface area contributed by atoms with Crippen LogP contribution in [-0.2, 0) is 0 Å². The maximum Gasteiger partial charge on any atom is 0.353 e. The molecule has 0 spiro atoms. The molecule has 0 bridgehead atoms. The van der Waals surface area contributed by atoms with Crippen LogP contribution in [0.25, 0.3) is 11.3 Å². The zero-order chi connectivity index (χ0) is 12.4. The van der Waals surface area contributed by atoms with Gasteiger partial charge in [-0.1, -0.05) is 6.07 Å². The summed E-state index contributed by atoms with van der Waals surface area (Å²) in [5.41, 5.74) is 2.01. The molecule has 0 unspecified atom stereocenters. The standard InChI is InChI=1S/C13H14BN4/c1-17-8-9-18(14-17)13-6-5-11(10-16-13)12-4-2-3-7-15-12/h2-7,10H,8-9H2,1H3. The summed E-state index contributed by atoms with van der Waals surface area (Å²) < 4.78 is 0. The van der Waals surface area contributed by atoms with Crippen molar-refractivity contribution in [1.82, 2.24) is 14.8 Å². The fraction of sp³-hybridized carbons (Fsp3) is 0.231. The Balaban J connectivity index is 1.81. The molecule has 89 valence electrons. The lowest BCUT2D eigenvalue weighted by Crippen LogP contribution is -2.27. The van der Waals surface area contributed by atoms with Crippen molar-refractivity contribution in [3.05, 3.63) is 42.7 Å². The van der Waals surface area contributed by atoms with Crippen LogP contribution in [0, 0.1) is 0 Å². The Bertz CT molecular complexity index is 514. The number of anilines is 1. The summed E-state index contributed by atoms with van der Waals surface area (Å²) in [6.07, 6.45) is 3.68. The first-order valence-corrected chi connectivity index (χ1v) is 6.02. The van der Waals surface area contributed by atoms with E-state index in [9.17, 15) is 0 Å². The van der Waals surface area contributed by atoms with Gasteiger partial charge in [-0.05, 0) is 31.3 Å². The summed E-state index contributed by atoms with van der Waals surface area (Å²) in [5, 5.41) is 0. The Morgan fingerprint density at radius 1 is 1.11 bits per heavy atom. The number of hydrogen-bond acceptors (Lipinski definition) is 4. The second kappa shape index (κ2) is 4.78. The lowest BCUT2D eigenvalue weighted by molar-refractivity contribution is 0.590. The fourth-order valence-electron chi connectivity index (χ4n) is 2.03. The van der Waals surface area contributed by atoms with Crippen molar-refractivity contribution < 1.29 is 0 Å². The van der Waals surface area contributed by atoms with E-state index in [0.29, 0.717) is 0 Å². The average molecular weight is 237 g/mol. The van der Waals surface area contributed by atoms with Crippen molar-refractivity contribution in [3.8, 4) is 11.3 Å². The molecule has 0 aliphatic carbocycles. The Labute approximate surface area is 108 Å². The van der Waals surface area contributed by atoms with Gasteiger partial charge in [-0.2, -0.15) is 0 Å². The number of rotatable bonds is 2. The van der Waals surface area contributed by atoms with Crippen molar-refractivity contribution in [1.29, 1.82) is 0 Å².